The molecule has 1 atom stereocenters. The second-order valence-electron chi connectivity index (χ2n) is 9.57. The minimum atomic E-state index is -4.86. The number of rotatable bonds is 7. The Morgan fingerprint density at radius 1 is 0.971 bits per heavy atom. The zero-order valence-electron chi connectivity index (χ0n) is 19.3. The summed E-state index contributed by atoms with van der Waals surface area (Å²) in [6, 6.07) is 3.93. The molecule has 2 fully saturated rings. The predicted molar refractivity (Wildman–Crippen MR) is 118 cm³/mol. The van der Waals surface area contributed by atoms with Crippen LogP contribution in [-0.2, 0) is 17.1 Å². The van der Waals surface area contributed by atoms with Crippen LogP contribution < -0.4 is 10.6 Å². The highest BCUT2D eigenvalue weighted by atomic mass is 19.4. The molecule has 11 heteroatoms. The molecule has 3 rings (SSSR count). The molecule has 1 unspecified atom stereocenters. The Kier molecular flexibility index (Phi) is 8.57. The fourth-order valence-electron chi connectivity index (χ4n) is 5.13. The molecule has 1 aliphatic heterocycles. The molecule has 2 N–H and O–H groups in total. The van der Waals surface area contributed by atoms with Crippen molar-refractivity contribution in [3.05, 3.63) is 29.3 Å². The Bertz CT molecular complexity index is 878. The van der Waals surface area contributed by atoms with Crippen LogP contribution in [0.5, 0.6) is 0 Å². The quantitative estimate of drug-likeness (QED) is 0.527. The summed E-state index contributed by atoms with van der Waals surface area (Å²) in [5.41, 5.74) is 2.58. The molecule has 0 bridgehead atoms. The smallest absolute Gasteiger partial charge is 0.370 e. The molecule has 0 spiro atoms. The standard InChI is InChI=1S/C24H30F6N4O/c25-23(26,27)19-12-20(24(28,29)30)14-21(13-19)34-9-7-33(8-10-34)6-5-16-1-3-17(4-2-16)18(15-31)11-22(32)35/h12-14,16-18H,1-11H2,(H2,32,35). The van der Waals surface area contributed by atoms with Gasteiger partial charge in [-0.25, -0.2) is 0 Å². The summed E-state index contributed by atoms with van der Waals surface area (Å²) in [7, 11) is 0. The normalized spacial score (nSPS) is 23.1. The minimum absolute atomic E-state index is 0.0619. The molecule has 1 saturated carbocycles. The Balaban J connectivity index is 1.50. The van der Waals surface area contributed by atoms with E-state index in [9.17, 15) is 36.4 Å². The first-order valence-corrected chi connectivity index (χ1v) is 11.8. The van der Waals surface area contributed by atoms with Crippen molar-refractivity contribution in [2.24, 2.45) is 23.5 Å². The SMILES string of the molecule is N#CC(CC(N)=O)C1CCC(CCN2CCN(c3cc(C(F)(F)F)cc(C(F)(F)F)c3)CC2)CC1. The van der Waals surface area contributed by atoms with Gasteiger partial charge in [0.2, 0.25) is 5.91 Å². The number of amides is 1. The van der Waals surface area contributed by atoms with Crippen LogP contribution >= 0.6 is 0 Å². The summed E-state index contributed by atoms with van der Waals surface area (Å²) in [6.07, 6.45) is -5.00. The first-order chi connectivity index (χ1) is 16.4. The van der Waals surface area contributed by atoms with Gasteiger partial charge in [0.25, 0.3) is 0 Å². The van der Waals surface area contributed by atoms with E-state index in [2.05, 4.69) is 11.0 Å². The number of nitrogens with zero attached hydrogens (tertiary/aromatic N) is 3. The molecule has 1 aromatic carbocycles. The molecule has 35 heavy (non-hydrogen) atoms. The second-order valence-corrected chi connectivity index (χ2v) is 9.57. The Morgan fingerprint density at radius 3 is 1.97 bits per heavy atom. The van der Waals surface area contributed by atoms with Gasteiger partial charge < -0.3 is 10.6 Å². The number of benzene rings is 1. The molecule has 5 nitrogen and oxygen atoms in total. The van der Waals surface area contributed by atoms with Crippen molar-refractivity contribution in [3.8, 4) is 6.07 Å². The third-order valence-electron chi connectivity index (χ3n) is 7.21. The number of hydrogen-bond donors (Lipinski definition) is 1. The molecular formula is C24H30F6N4O. The van der Waals surface area contributed by atoms with Crippen molar-refractivity contribution in [3.63, 3.8) is 0 Å². The Morgan fingerprint density at radius 2 is 1.51 bits per heavy atom. The van der Waals surface area contributed by atoms with Crippen molar-refractivity contribution in [2.75, 3.05) is 37.6 Å². The fourth-order valence-corrected chi connectivity index (χ4v) is 5.13. The van der Waals surface area contributed by atoms with E-state index in [0.717, 1.165) is 50.8 Å². The summed E-state index contributed by atoms with van der Waals surface area (Å²) in [6.45, 7) is 2.62. The molecule has 194 valence electrons. The van der Waals surface area contributed by atoms with Gasteiger partial charge >= 0.3 is 12.4 Å². The number of primary amides is 1. The summed E-state index contributed by atoms with van der Waals surface area (Å²) in [5, 5.41) is 9.30. The second kappa shape index (κ2) is 11.1. The van der Waals surface area contributed by atoms with Crippen LogP contribution in [0.4, 0.5) is 32.0 Å². The number of nitriles is 1. The van der Waals surface area contributed by atoms with E-state index in [1.807, 2.05) is 0 Å². The maximum absolute atomic E-state index is 13.2. The van der Waals surface area contributed by atoms with Gasteiger partial charge in [-0.15, -0.1) is 0 Å². The number of carbonyl (C=O) groups is 1. The number of anilines is 1. The zero-order chi connectivity index (χ0) is 25.8. The van der Waals surface area contributed by atoms with Crippen LogP contribution in [0, 0.1) is 29.1 Å². The van der Waals surface area contributed by atoms with E-state index in [4.69, 9.17) is 5.73 Å². The van der Waals surface area contributed by atoms with Crippen LogP contribution in [0.15, 0.2) is 18.2 Å². The molecule has 0 radical (unpaired) electrons. The first-order valence-electron chi connectivity index (χ1n) is 11.8. The molecule has 1 amide bonds. The third-order valence-corrected chi connectivity index (χ3v) is 7.21. The van der Waals surface area contributed by atoms with Gasteiger partial charge in [-0.3, -0.25) is 9.69 Å². The van der Waals surface area contributed by atoms with Crippen LogP contribution in [0.3, 0.4) is 0 Å². The van der Waals surface area contributed by atoms with E-state index in [1.165, 1.54) is 0 Å². The van der Waals surface area contributed by atoms with E-state index in [-0.39, 0.29) is 30.0 Å². The van der Waals surface area contributed by atoms with E-state index in [1.54, 1.807) is 4.90 Å². The lowest BCUT2D eigenvalue weighted by molar-refractivity contribution is -0.143. The highest BCUT2D eigenvalue weighted by Gasteiger charge is 2.37. The molecule has 1 aliphatic carbocycles. The average molecular weight is 505 g/mol. The topological polar surface area (TPSA) is 73.4 Å². The first kappa shape index (κ1) is 27.1. The summed E-state index contributed by atoms with van der Waals surface area (Å²) in [4.78, 5) is 14.9. The maximum Gasteiger partial charge on any atom is 0.416 e. The summed E-state index contributed by atoms with van der Waals surface area (Å²) in [5.74, 6) is -0.121. The van der Waals surface area contributed by atoms with E-state index >= 15 is 0 Å². The van der Waals surface area contributed by atoms with E-state index < -0.39 is 29.4 Å². The van der Waals surface area contributed by atoms with E-state index in [0.29, 0.717) is 32.1 Å². The van der Waals surface area contributed by atoms with Gasteiger partial charge in [0.1, 0.15) is 0 Å². The highest BCUT2D eigenvalue weighted by Crippen LogP contribution is 2.39. The number of alkyl halides is 6. The third kappa shape index (κ3) is 7.50. The van der Waals surface area contributed by atoms with Crippen molar-refractivity contribution < 1.29 is 31.1 Å². The van der Waals surface area contributed by atoms with Crippen LogP contribution in [0.25, 0.3) is 0 Å². The lowest BCUT2D eigenvalue weighted by Crippen LogP contribution is -2.47. The summed E-state index contributed by atoms with van der Waals surface area (Å²) >= 11 is 0. The Labute approximate surface area is 200 Å². The van der Waals surface area contributed by atoms with Gasteiger partial charge in [-0.2, -0.15) is 31.6 Å². The predicted octanol–water partition coefficient (Wildman–Crippen LogP) is 5.06. The number of carbonyl (C=O) groups excluding carboxylic acids is 1. The zero-order valence-corrected chi connectivity index (χ0v) is 19.3. The largest absolute Gasteiger partial charge is 0.416 e. The Hall–Kier alpha value is -2.48. The minimum Gasteiger partial charge on any atom is -0.370 e. The lowest BCUT2D eigenvalue weighted by atomic mass is 9.74. The molecule has 1 saturated heterocycles. The van der Waals surface area contributed by atoms with Gasteiger partial charge in [-0.1, -0.05) is 12.8 Å². The maximum atomic E-state index is 13.2. The van der Waals surface area contributed by atoms with Crippen LogP contribution in [0.1, 0.15) is 49.7 Å². The van der Waals surface area contributed by atoms with Gasteiger partial charge in [0.15, 0.2) is 0 Å². The number of hydrogen-bond acceptors (Lipinski definition) is 4. The van der Waals surface area contributed by atoms with Gasteiger partial charge in [-0.05, 0) is 55.8 Å². The van der Waals surface area contributed by atoms with Crippen molar-refractivity contribution in [1.82, 2.24) is 4.90 Å². The monoisotopic (exact) mass is 504 g/mol. The van der Waals surface area contributed by atoms with Crippen molar-refractivity contribution in [2.45, 2.75) is 50.9 Å². The molecule has 2 aliphatic rings. The number of piperazine rings is 1. The summed E-state index contributed by atoms with van der Waals surface area (Å²) < 4.78 is 78.9. The van der Waals surface area contributed by atoms with Crippen molar-refractivity contribution in [1.29, 1.82) is 5.26 Å². The van der Waals surface area contributed by atoms with Crippen molar-refractivity contribution >= 4 is 11.6 Å². The fraction of sp³-hybridized carbons (Fsp3) is 0.667. The molecule has 1 heterocycles. The number of nitrogens with two attached hydrogens (primary N) is 1. The molecule has 0 aromatic heterocycles. The lowest BCUT2D eigenvalue weighted by Gasteiger charge is -2.38. The average Bonchev–Trinajstić information content (AvgIpc) is 2.80. The van der Waals surface area contributed by atoms with Gasteiger partial charge in [0, 0.05) is 38.3 Å². The van der Waals surface area contributed by atoms with Gasteiger partial charge in [0.05, 0.1) is 23.1 Å². The highest BCUT2D eigenvalue weighted by molar-refractivity contribution is 5.74. The van der Waals surface area contributed by atoms with Crippen LogP contribution in [-0.4, -0.2) is 43.5 Å². The van der Waals surface area contributed by atoms with Crippen LogP contribution in [0.2, 0.25) is 0 Å². The molecule has 1 aromatic rings. The number of halogens is 6. The molecular weight excluding hydrogens is 474 g/mol.